The minimum atomic E-state index is -1.21. The number of benzene rings is 2. The monoisotopic (exact) mass is 524 g/mol. The van der Waals surface area contributed by atoms with E-state index < -0.39 is 55.0 Å². The fraction of sp³-hybridized carbons (Fsp3) is 0.370. The first-order chi connectivity index (χ1) is 18.1. The number of aliphatic carboxylic acids is 1. The second kappa shape index (κ2) is 12.7. The minimum absolute atomic E-state index is 0.0976. The van der Waals surface area contributed by atoms with Gasteiger partial charge in [-0.2, -0.15) is 0 Å². The molecule has 0 saturated heterocycles. The summed E-state index contributed by atoms with van der Waals surface area (Å²) in [5, 5.41) is 18.2. The highest BCUT2D eigenvalue weighted by Gasteiger charge is 2.30. The van der Waals surface area contributed by atoms with Gasteiger partial charge in [-0.1, -0.05) is 62.4 Å². The van der Waals surface area contributed by atoms with Gasteiger partial charge in [-0.15, -0.1) is 0 Å². The van der Waals surface area contributed by atoms with Crippen LogP contribution in [0, 0.1) is 5.92 Å². The predicted octanol–water partition coefficient (Wildman–Crippen LogP) is 1.37. The van der Waals surface area contributed by atoms with Gasteiger partial charge in [0.15, 0.2) is 0 Å². The Labute approximate surface area is 220 Å². The highest BCUT2D eigenvalue weighted by Crippen LogP contribution is 2.44. The average Bonchev–Trinajstić information content (AvgIpc) is 3.21. The van der Waals surface area contributed by atoms with Crippen molar-refractivity contribution in [2.45, 2.75) is 38.8 Å². The van der Waals surface area contributed by atoms with E-state index in [1.54, 1.807) is 13.8 Å². The maximum atomic E-state index is 12.6. The summed E-state index contributed by atoms with van der Waals surface area (Å²) in [5.74, 6) is -3.57. The molecule has 0 bridgehead atoms. The maximum Gasteiger partial charge on any atom is 0.407 e. The average molecular weight is 525 g/mol. The van der Waals surface area contributed by atoms with Crippen LogP contribution in [0.5, 0.6) is 0 Å². The highest BCUT2D eigenvalue weighted by atomic mass is 16.5. The minimum Gasteiger partial charge on any atom is -0.480 e. The Morgan fingerprint density at radius 1 is 0.816 bits per heavy atom. The smallest absolute Gasteiger partial charge is 0.407 e. The van der Waals surface area contributed by atoms with Gasteiger partial charge in [-0.05, 0) is 35.1 Å². The summed E-state index contributed by atoms with van der Waals surface area (Å²) in [6.45, 7) is 3.91. The van der Waals surface area contributed by atoms with E-state index in [4.69, 9.17) is 9.84 Å². The molecular weight excluding hydrogens is 492 g/mol. The molecule has 1 aliphatic carbocycles. The quantitative estimate of drug-likeness (QED) is 0.296. The van der Waals surface area contributed by atoms with E-state index in [0.717, 1.165) is 22.3 Å². The third-order valence-electron chi connectivity index (χ3n) is 6.17. The first-order valence-electron chi connectivity index (χ1n) is 12.3. The molecule has 2 atom stereocenters. The molecular formula is C27H32N4O7. The van der Waals surface area contributed by atoms with Crippen LogP contribution in [0.3, 0.4) is 0 Å². The van der Waals surface area contributed by atoms with Gasteiger partial charge < -0.3 is 31.1 Å². The van der Waals surface area contributed by atoms with Crippen molar-refractivity contribution in [3.05, 3.63) is 59.7 Å². The largest absolute Gasteiger partial charge is 0.480 e. The molecule has 11 heteroatoms. The molecule has 0 saturated carbocycles. The van der Waals surface area contributed by atoms with E-state index >= 15 is 0 Å². The lowest BCUT2D eigenvalue weighted by Crippen LogP contribution is -2.55. The van der Waals surface area contributed by atoms with E-state index in [1.807, 2.05) is 48.5 Å². The highest BCUT2D eigenvalue weighted by molar-refractivity contribution is 5.93. The van der Waals surface area contributed by atoms with Crippen LogP contribution in [0.1, 0.15) is 37.8 Å². The Balaban J connectivity index is 1.48. The molecule has 3 rings (SSSR count). The van der Waals surface area contributed by atoms with Gasteiger partial charge in [0.05, 0.1) is 0 Å². The lowest BCUT2D eigenvalue weighted by Gasteiger charge is -2.23. The molecule has 202 valence electrons. The zero-order chi connectivity index (χ0) is 27.8. The van der Waals surface area contributed by atoms with Crippen LogP contribution in [0.25, 0.3) is 11.1 Å². The van der Waals surface area contributed by atoms with Crippen molar-refractivity contribution in [2.24, 2.45) is 5.92 Å². The molecule has 0 aliphatic heterocycles. The number of fused-ring (bicyclic) bond motifs is 3. The van der Waals surface area contributed by atoms with E-state index in [1.165, 1.54) is 6.92 Å². The number of hydrogen-bond donors (Lipinski definition) is 5. The fourth-order valence-corrected chi connectivity index (χ4v) is 4.25. The number of alkyl carbamates (subject to hydrolysis) is 1. The summed E-state index contributed by atoms with van der Waals surface area (Å²) in [6.07, 6.45) is -0.767. The molecule has 2 aromatic carbocycles. The van der Waals surface area contributed by atoms with Gasteiger partial charge in [-0.3, -0.25) is 19.2 Å². The van der Waals surface area contributed by atoms with Gasteiger partial charge >= 0.3 is 12.1 Å². The van der Waals surface area contributed by atoms with Gasteiger partial charge in [0.25, 0.3) is 0 Å². The zero-order valence-corrected chi connectivity index (χ0v) is 21.4. The molecule has 0 heterocycles. The Morgan fingerprint density at radius 3 is 1.95 bits per heavy atom. The normalized spacial score (nSPS) is 13.5. The van der Waals surface area contributed by atoms with Crippen LogP contribution in [0.15, 0.2) is 48.5 Å². The molecule has 5 N–H and O–H groups in total. The van der Waals surface area contributed by atoms with Crippen molar-refractivity contribution >= 4 is 29.8 Å². The van der Waals surface area contributed by atoms with E-state index in [2.05, 4.69) is 21.3 Å². The number of nitrogens with one attached hydrogen (secondary N) is 4. The first kappa shape index (κ1) is 28.2. The molecule has 0 fully saturated rings. The predicted molar refractivity (Wildman–Crippen MR) is 138 cm³/mol. The summed E-state index contributed by atoms with van der Waals surface area (Å²) in [7, 11) is 0. The Bertz CT molecular complexity index is 1170. The van der Waals surface area contributed by atoms with Crippen molar-refractivity contribution in [1.29, 1.82) is 0 Å². The summed E-state index contributed by atoms with van der Waals surface area (Å²) in [6, 6.07) is 13.9. The first-order valence-corrected chi connectivity index (χ1v) is 12.3. The molecule has 0 spiro atoms. The van der Waals surface area contributed by atoms with Crippen molar-refractivity contribution in [3.63, 3.8) is 0 Å². The summed E-state index contributed by atoms with van der Waals surface area (Å²) >= 11 is 0. The van der Waals surface area contributed by atoms with Crippen molar-refractivity contribution in [1.82, 2.24) is 21.3 Å². The van der Waals surface area contributed by atoms with Crippen LogP contribution in [-0.2, 0) is 23.9 Å². The third kappa shape index (κ3) is 7.09. The van der Waals surface area contributed by atoms with E-state index in [0.29, 0.717) is 0 Å². The summed E-state index contributed by atoms with van der Waals surface area (Å²) < 4.78 is 5.41. The van der Waals surface area contributed by atoms with Gasteiger partial charge in [-0.25, -0.2) is 4.79 Å². The molecule has 0 unspecified atom stereocenters. The molecule has 0 aromatic heterocycles. The van der Waals surface area contributed by atoms with Crippen LogP contribution >= 0.6 is 0 Å². The zero-order valence-electron chi connectivity index (χ0n) is 21.4. The summed E-state index contributed by atoms with van der Waals surface area (Å²) in [4.78, 5) is 59.9. The van der Waals surface area contributed by atoms with Gasteiger partial charge in [0.2, 0.25) is 17.7 Å². The lowest BCUT2D eigenvalue weighted by molar-refractivity contribution is -0.138. The van der Waals surface area contributed by atoms with Gasteiger partial charge in [0, 0.05) is 5.92 Å². The second-order valence-corrected chi connectivity index (χ2v) is 9.31. The van der Waals surface area contributed by atoms with Crippen LogP contribution in [0.2, 0.25) is 0 Å². The Morgan fingerprint density at radius 2 is 1.39 bits per heavy atom. The number of carboxylic acids is 1. The van der Waals surface area contributed by atoms with Crippen molar-refractivity contribution in [2.75, 3.05) is 19.7 Å². The molecule has 38 heavy (non-hydrogen) atoms. The Hall–Kier alpha value is -4.41. The SMILES string of the molecule is CC(C)[C@H](NC(=O)CNC(=O)OCC1c2ccccc2-c2ccccc21)C(=O)N[C@@H](C)C(=O)NCC(=O)O. The number of ether oxygens (including phenoxy) is 1. The van der Waals surface area contributed by atoms with E-state index in [9.17, 15) is 24.0 Å². The molecule has 0 radical (unpaired) electrons. The third-order valence-corrected chi connectivity index (χ3v) is 6.17. The van der Waals surface area contributed by atoms with Crippen LogP contribution in [-0.4, -0.2) is 66.7 Å². The molecule has 4 amide bonds. The maximum absolute atomic E-state index is 12.6. The second-order valence-electron chi connectivity index (χ2n) is 9.31. The van der Waals surface area contributed by atoms with E-state index in [-0.39, 0.29) is 18.4 Å². The molecule has 1 aliphatic rings. The number of amides is 4. The number of hydrogen-bond acceptors (Lipinski definition) is 6. The summed E-state index contributed by atoms with van der Waals surface area (Å²) in [5.41, 5.74) is 4.33. The van der Waals surface area contributed by atoms with Crippen LogP contribution < -0.4 is 21.3 Å². The van der Waals surface area contributed by atoms with Crippen molar-refractivity contribution in [3.8, 4) is 11.1 Å². The fourth-order valence-electron chi connectivity index (χ4n) is 4.25. The number of carbonyl (C=O) groups is 5. The molecule has 2 aromatic rings. The topological polar surface area (TPSA) is 163 Å². The number of carbonyl (C=O) groups excluding carboxylic acids is 4. The standard InChI is InChI=1S/C27H32N4O7/c1-15(2)24(26(36)30-16(3)25(35)28-13-23(33)34)31-22(32)12-29-27(37)38-14-21-19-10-6-4-8-17(19)18-9-5-7-11-20(18)21/h4-11,15-16,21,24H,12-14H2,1-3H3,(H,28,35)(H,29,37)(H,30,36)(H,31,32)(H,33,34)/t16-,24-/m0/s1. The Kier molecular flexibility index (Phi) is 9.42. The number of rotatable bonds is 11. The molecule has 11 nitrogen and oxygen atoms in total. The van der Waals surface area contributed by atoms with Crippen molar-refractivity contribution < 1.29 is 33.8 Å². The number of carboxylic acid groups (broad SMARTS) is 1. The van der Waals surface area contributed by atoms with Crippen LogP contribution in [0.4, 0.5) is 4.79 Å². The van der Waals surface area contributed by atoms with Gasteiger partial charge in [0.1, 0.15) is 31.8 Å². The lowest BCUT2D eigenvalue weighted by atomic mass is 9.98.